The van der Waals surface area contributed by atoms with Gasteiger partial charge in [-0.3, -0.25) is 0 Å². The Bertz CT molecular complexity index is 1050. The van der Waals surface area contributed by atoms with Gasteiger partial charge in [0.1, 0.15) is 0 Å². The topological polar surface area (TPSA) is 9.23 Å². The molecule has 0 fully saturated rings. The third-order valence-corrected chi connectivity index (χ3v) is 5.04. The highest BCUT2D eigenvalue weighted by Gasteiger charge is 2.10. The van der Waals surface area contributed by atoms with Gasteiger partial charge in [0.25, 0.3) is 0 Å². The van der Waals surface area contributed by atoms with E-state index in [-0.39, 0.29) is 6.10 Å². The number of benzene rings is 3. The molecule has 0 saturated heterocycles. The molecule has 0 aliphatic heterocycles. The second-order valence-corrected chi connectivity index (χ2v) is 7.43. The van der Waals surface area contributed by atoms with Crippen molar-refractivity contribution in [3.8, 4) is 23.7 Å². The Morgan fingerprint density at radius 2 is 1.53 bits per heavy atom. The van der Waals surface area contributed by atoms with E-state index in [1.807, 2.05) is 73.7 Å². The summed E-state index contributed by atoms with van der Waals surface area (Å²) in [6.45, 7) is 2.55. The summed E-state index contributed by atoms with van der Waals surface area (Å²) in [4.78, 5) is 1.21. The first kappa shape index (κ1) is 21.5. The summed E-state index contributed by atoms with van der Waals surface area (Å²) < 4.78 is 5.96. The highest BCUT2D eigenvalue weighted by Crippen LogP contribution is 2.17. The van der Waals surface area contributed by atoms with Crippen LogP contribution in [0.2, 0.25) is 0 Å². The lowest BCUT2D eigenvalue weighted by molar-refractivity contribution is 0.130. The number of hydrogen-bond donors (Lipinski definition) is 0. The van der Waals surface area contributed by atoms with Crippen LogP contribution >= 0.6 is 11.8 Å². The normalized spacial score (nSPS) is 11.6. The molecule has 0 radical (unpaired) electrons. The molecule has 1 atom stereocenters. The second kappa shape index (κ2) is 12.4. The van der Waals surface area contributed by atoms with Gasteiger partial charge >= 0.3 is 0 Å². The predicted octanol–water partition coefficient (Wildman–Crippen LogP) is 6.32. The van der Waals surface area contributed by atoms with Crippen molar-refractivity contribution in [1.29, 1.82) is 0 Å². The summed E-state index contributed by atoms with van der Waals surface area (Å²) in [6, 6.07) is 30.4. The van der Waals surface area contributed by atoms with Gasteiger partial charge in [0, 0.05) is 22.6 Å². The Morgan fingerprint density at radius 1 is 0.900 bits per heavy atom. The third kappa shape index (κ3) is 7.34. The minimum atomic E-state index is -0.371. The maximum atomic E-state index is 5.96. The lowest BCUT2D eigenvalue weighted by Gasteiger charge is -2.11. The van der Waals surface area contributed by atoms with Gasteiger partial charge in [-0.25, -0.2) is 0 Å². The van der Waals surface area contributed by atoms with E-state index in [0.717, 1.165) is 16.7 Å². The predicted molar refractivity (Wildman–Crippen MR) is 128 cm³/mol. The van der Waals surface area contributed by atoms with Crippen LogP contribution in [-0.4, -0.2) is 18.5 Å². The average Bonchev–Trinajstić information content (AvgIpc) is 2.81. The van der Waals surface area contributed by atoms with Gasteiger partial charge in [-0.15, -0.1) is 11.8 Å². The van der Waals surface area contributed by atoms with Crippen LogP contribution in [0, 0.1) is 23.7 Å². The van der Waals surface area contributed by atoms with Crippen LogP contribution < -0.4 is 0 Å². The first-order valence-corrected chi connectivity index (χ1v) is 11.0. The standard InChI is InChI=1S/C28H24OS/c1-2-29-28(21-20-24-13-6-3-7-14-24)26(23-25-15-8-4-9-16-25)17-12-22-30-27-18-10-5-11-19-27/h3-11,13-16,18-19,23,28H,2,22H2,1H3/b26-23+. The molecule has 0 heterocycles. The molecule has 0 aliphatic carbocycles. The maximum absolute atomic E-state index is 5.96. The van der Waals surface area contributed by atoms with Crippen molar-refractivity contribution in [2.75, 3.05) is 12.4 Å². The largest absolute Gasteiger partial charge is 0.360 e. The average molecular weight is 409 g/mol. The Balaban J connectivity index is 1.84. The molecule has 0 N–H and O–H groups in total. The summed E-state index contributed by atoms with van der Waals surface area (Å²) in [7, 11) is 0. The minimum absolute atomic E-state index is 0.371. The van der Waals surface area contributed by atoms with E-state index in [1.54, 1.807) is 11.8 Å². The van der Waals surface area contributed by atoms with E-state index in [1.165, 1.54) is 4.90 Å². The van der Waals surface area contributed by atoms with E-state index in [4.69, 9.17) is 4.74 Å². The van der Waals surface area contributed by atoms with Crippen LogP contribution in [0.4, 0.5) is 0 Å². The van der Waals surface area contributed by atoms with Crippen LogP contribution in [0.3, 0.4) is 0 Å². The smallest absolute Gasteiger partial charge is 0.151 e. The van der Waals surface area contributed by atoms with Crippen molar-refractivity contribution >= 4 is 17.8 Å². The summed E-state index contributed by atoms with van der Waals surface area (Å²) in [5.41, 5.74) is 2.93. The lowest BCUT2D eigenvalue weighted by Crippen LogP contribution is -2.13. The zero-order valence-electron chi connectivity index (χ0n) is 17.0. The highest BCUT2D eigenvalue weighted by atomic mass is 32.2. The van der Waals surface area contributed by atoms with Crippen LogP contribution in [0.15, 0.2) is 101 Å². The second-order valence-electron chi connectivity index (χ2n) is 6.38. The van der Waals surface area contributed by atoms with Gasteiger partial charge in [-0.2, -0.15) is 0 Å². The van der Waals surface area contributed by atoms with Crippen molar-refractivity contribution in [3.05, 3.63) is 108 Å². The Morgan fingerprint density at radius 3 is 2.20 bits per heavy atom. The molecule has 0 amide bonds. The molecule has 1 nitrogen and oxygen atoms in total. The fourth-order valence-electron chi connectivity index (χ4n) is 2.73. The van der Waals surface area contributed by atoms with Gasteiger partial charge in [0.2, 0.25) is 0 Å². The number of hydrogen-bond acceptors (Lipinski definition) is 2. The van der Waals surface area contributed by atoms with Crippen molar-refractivity contribution in [2.45, 2.75) is 17.9 Å². The zero-order chi connectivity index (χ0) is 20.9. The van der Waals surface area contributed by atoms with E-state index >= 15 is 0 Å². The van der Waals surface area contributed by atoms with Crippen LogP contribution in [-0.2, 0) is 4.74 Å². The molecule has 0 bridgehead atoms. The number of thioether (sulfide) groups is 1. The Kier molecular flexibility index (Phi) is 8.91. The summed E-state index contributed by atoms with van der Waals surface area (Å²) in [5, 5.41) is 0. The van der Waals surface area contributed by atoms with Gasteiger partial charge in [0.05, 0.1) is 5.75 Å². The fourth-order valence-corrected chi connectivity index (χ4v) is 3.39. The van der Waals surface area contributed by atoms with Crippen molar-refractivity contribution in [3.63, 3.8) is 0 Å². The Labute approximate surface area is 184 Å². The number of rotatable bonds is 6. The molecule has 1 unspecified atom stereocenters. The van der Waals surface area contributed by atoms with Crippen molar-refractivity contribution in [1.82, 2.24) is 0 Å². The van der Waals surface area contributed by atoms with Crippen molar-refractivity contribution in [2.24, 2.45) is 0 Å². The monoisotopic (exact) mass is 408 g/mol. The number of ether oxygens (including phenoxy) is 1. The minimum Gasteiger partial charge on any atom is -0.360 e. The maximum Gasteiger partial charge on any atom is 0.151 e. The third-order valence-electron chi connectivity index (χ3n) is 4.15. The highest BCUT2D eigenvalue weighted by molar-refractivity contribution is 7.99. The molecule has 3 aromatic rings. The molecular formula is C28H24OS. The molecule has 0 spiro atoms. The van der Waals surface area contributed by atoms with E-state index in [2.05, 4.69) is 54.0 Å². The quantitative estimate of drug-likeness (QED) is 0.348. The lowest BCUT2D eigenvalue weighted by atomic mass is 10.1. The molecule has 0 saturated carbocycles. The molecular weight excluding hydrogens is 384 g/mol. The van der Waals surface area contributed by atoms with Gasteiger partial charge in [-0.05, 0) is 42.8 Å². The van der Waals surface area contributed by atoms with Crippen LogP contribution in [0.25, 0.3) is 6.08 Å². The summed E-state index contributed by atoms with van der Waals surface area (Å²) >= 11 is 1.73. The zero-order valence-corrected chi connectivity index (χ0v) is 17.9. The van der Waals surface area contributed by atoms with Gasteiger partial charge < -0.3 is 4.74 Å². The molecule has 0 aliphatic rings. The SMILES string of the molecule is CCOC(C#Cc1ccccc1)/C(C#CCSc1ccccc1)=C/c1ccccc1. The van der Waals surface area contributed by atoms with E-state index in [0.29, 0.717) is 12.4 Å². The molecule has 30 heavy (non-hydrogen) atoms. The summed E-state index contributed by atoms with van der Waals surface area (Å²) in [6.07, 6.45) is 1.70. The van der Waals surface area contributed by atoms with Crippen LogP contribution in [0.1, 0.15) is 18.1 Å². The van der Waals surface area contributed by atoms with Crippen LogP contribution in [0.5, 0.6) is 0 Å². The first-order chi connectivity index (χ1) is 14.8. The molecule has 148 valence electrons. The molecule has 2 heteroatoms. The molecule has 0 aromatic heterocycles. The van der Waals surface area contributed by atoms with Crippen molar-refractivity contribution < 1.29 is 4.74 Å². The molecule has 3 aromatic carbocycles. The Hall–Kier alpha value is -3.17. The van der Waals surface area contributed by atoms with E-state index < -0.39 is 0 Å². The fraction of sp³-hybridized carbons (Fsp3) is 0.143. The summed E-state index contributed by atoms with van der Waals surface area (Å²) in [5.74, 6) is 13.8. The van der Waals surface area contributed by atoms with E-state index in [9.17, 15) is 0 Å². The van der Waals surface area contributed by atoms with Gasteiger partial charge in [0.15, 0.2) is 6.10 Å². The first-order valence-electron chi connectivity index (χ1n) is 9.96. The van der Waals surface area contributed by atoms with Gasteiger partial charge in [-0.1, -0.05) is 90.4 Å². The molecule has 3 rings (SSSR count).